The fraction of sp³-hybridized carbons (Fsp3) is 0.286. The highest BCUT2D eigenvalue weighted by Crippen LogP contribution is 2.56. The Morgan fingerprint density at radius 3 is 2.55 bits per heavy atom. The zero-order valence-corrected chi connectivity index (χ0v) is 17.3. The maximum atomic E-state index is 14.5. The molecule has 4 aromatic rings. The van der Waals surface area contributed by atoms with Gasteiger partial charge in [0.25, 0.3) is 0 Å². The highest BCUT2D eigenvalue weighted by Gasteiger charge is 2.44. The molecule has 0 unspecified atom stereocenters. The van der Waals surface area contributed by atoms with E-state index in [1.165, 1.54) is 20.4 Å². The standard InChI is InChI=1S/C21H16F4N6O2/c1-32-19-14(9-28-20(29-19)33-2)16-7-13(18-26-3-4-31(18)30-16)11-6-12(11)17-15(22)5-10(8-27-17)21(23,24)25/h3-5,7-9,11-12H,6H2,1-2H3/t11-,12-/m0/s1. The van der Waals surface area contributed by atoms with Crippen LogP contribution in [-0.4, -0.2) is 43.8 Å². The summed E-state index contributed by atoms with van der Waals surface area (Å²) in [5.74, 6) is -1.30. The molecule has 0 spiro atoms. The summed E-state index contributed by atoms with van der Waals surface area (Å²) < 4.78 is 65.0. The van der Waals surface area contributed by atoms with Crippen molar-refractivity contribution in [3.8, 4) is 23.1 Å². The molecule has 1 saturated carbocycles. The van der Waals surface area contributed by atoms with E-state index in [1.54, 1.807) is 23.0 Å². The predicted molar refractivity (Wildman–Crippen MR) is 106 cm³/mol. The quantitative estimate of drug-likeness (QED) is 0.416. The Hall–Kier alpha value is -3.83. The van der Waals surface area contributed by atoms with Crippen molar-refractivity contribution < 1.29 is 27.0 Å². The second-order valence-electron chi connectivity index (χ2n) is 7.50. The molecule has 1 aliphatic rings. The minimum atomic E-state index is -4.66. The molecular formula is C21H16F4N6O2. The average molecular weight is 460 g/mol. The lowest BCUT2D eigenvalue weighted by atomic mass is 10.1. The summed E-state index contributed by atoms with van der Waals surface area (Å²) in [5.41, 5.74) is 1.20. The van der Waals surface area contributed by atoms with Gasteiger partial charge in [-0.1, -0.05) is 0 Å². The van der Waals surface area contributed by atoms with Crippen molar-refractivity contribution in [2.45, 2.75) is 24.4 Å². The number of hydrogen-bond donors (Lipinski definition) is 0. The SMILES string of the molecule is COc1ncc(-c2cc([C@H]3C[C@@H]3c3ncc(C(F)(F)F)cc3F)c3nccn3n2)c(OC)n1. The molecule has 0 aliphatic heterocycles. The third-order valence-corrected chi connectivity index (χ3v) is 5.51. The van der Waals surface area contributed by atoms with Gasteiger partial charge in [0.05, 0.1) is 36.7 Å². The average Bonchev–Trinajstić information content (AvgIpc) is 3.44. The molecule has 170 valence electrons. The van der Waals surface area contributed by atoms with Crippen molar-refractivity contribution in [1.29, 1.82) is 0 Å². The topological polar surface area (TPSA) is 87.3 Å². The third-order valence-electron chi connectivity index (χ3n) is 5.51. The van der Waals surface area contributed by atoms with Crippen LogP contribution in [-0.2, 0) is 6.18 Å². The fourth-order valence-corrected chi connectivity index (χ4v) is 3.84. The van der Waals surface area contributed by atoms with Gasteiger partial charge in [-0.2, -0.15) is 23.3 Å². The molecule has 4 heterocycles. The Morgan fingerprint density at radius 1 is 1.03 bits per heavy atom. The van der Waals surface area contributed by atoms with Crippen molar-refractivity contribution in [2.75, 3.05) is 14.2 Å². The number of halogens is 4. The van der Waals surface area contributed by atoms with E-state index < -0.39 is 17.6 Å². The van der Waals surface area contributed by atoms with Crippen LogP contribution in [0.1, 0.15) is 35.1 Å². The first-order valence-corrected chi connectivity index (χ1v) is 9.82. The molecule has 2 atom stereocenters. The molecule has 0 aromatic carbocycles. The third kappa shape index (κ3) is 3.70. The van der Waals surface area contributed by atoms with Gasteiger partial charge in [-0.25, -0.2) is 18.9 Å². The summed E-state index contributed by atoms with van der Waals surface area (Å²) >= 11 is 0. The molecule has 0 bridgehead atoms. The summed E-state index contributed by atoms with van der Waals surface area (Å²) in [5, 5.41) is 4.53. The van der Waals surface area contributed by atoms with Gasteiger partial charge in [-0.3, -0.25) is 4.98 Å². The van der Waals surface area contributed by atoms with E-state index in [0.717, 1.165) is 5.56 Å². The maximum Gasteiger partial charge on any atom is 0.417 e. The second kappa shape index (κ2) is 7.64. The van der Waals surface area contributed by atoms with E-state index in [4.69, 9.17) is 9.47 Å². The van der Waals surface area contributed by atoms with Crippen molar-refractivity contribution in [2.24, 2.45) is 0 Å². The Morgan fingerprint density at radius 2 is 1.85 bits per heavy atom. The molecule has 0 N–H and O–H groups in total. The molecule has 0 radical (unpaired) electrons. The Balaban J connectivity index is 1.54. The number of alkyl halides is 3. The summed E-state index contributed by atoms with van der Waals surface area (Å²) in [6.45, 7) is 0. The van der Waals surface area contributed by atoms with Gasteiger partial charge in [-0.15, -0.1) is 0 Å². The van der Waals surface area contributed by atoms with Crippen molar-refractivity contribution in [3.63, 3.8) is 0 Å². The van der Waals surface area contributed by atoms with Gasteiger partial charge in [0.2, 0.25) is 5.88 Å². The van der Waals surface area contributed by atoms with Gasteiger partial charge < -0.3 is 9.47 Å². The number of aromatic nitrogens is 6. The lowest BCUT2D eigenvalue weighted by Gasteiger charge is -2.11. The van der Waals surface area contributed by atoms with Gasteiger partial charge in [0.1, 0.15) is 5.82 Å². The molecule has 5 rings (SSSR count). The minimum absolute atomic E-state index is 0.00132. The summed E-state index contributed by atoms with van der Waals surface area (Å²) in [4.78, 5) is 16.4. The molecular weight excluding hydrogens is 444 g/mol. The van der Waals surface area contributed by atoms with Crippen LogP contribution in [0.5, 0.6) is 11.9 Å². The zero-order chi connectivity index (χ0) is 23.3. The molecule has 0 amide bonds. The number of imidazole rings is 1. The smallest absolute Gasteiger partial charge is 0.417 e. The lowest BCUT2D eigenvalue weighted by Crippen LogP contribution is -2.08. The maximum absolute atomic E-state index is 14.5. The van der Waals surface area contributed by atoms with Crippen LogP contribution in [0.4, 0.5) is 17.6 Å². The molecule has 4 aromatic heterocycles. The Labute approximate surface area is 184 Å². The first-order chi connectivity index (χ1) is 15.8. The van der Waals surface area contributed by atoms with Gasteiger partial charge in [-0.05, 0) is 24.5 Å². The summed E-state index contributed by atoms with van der Waals surface area (Å²) in [6.07, 6.45) is 1.27. The number of fused-ring (bicyclic) bond motifs is 1. The molecule has 33 heavy (non-hydrogen) atoms. The molecule has 8 nitrogen and oxygen atoms in total. The summed E-state index contributed by atoms with van der Waals surface area (Å²) in [7, 11) is 2.89. The molecule has 1 aliphatic carbocycles. The Kier molecular flexibility index (Phi) is 4.87. The van der Waals surface area contributed by atoms with Crippen molar-refractivity contribution >= 4 is 5.65 Å². The number of ether oxygens (including phenoxy) is 2. The van der Waals surface area contributed by atoms with Crippen LogP contribution in [0.2, 0.25) is 0 Å². The first-order valence-electron chi connectivity index (χ1n) is 9.82. The van der Waals surface area contributed by atoms with E-state index in [0.29, 0.717) is 35.6 Å². The number of methoxy groups -OCH3 is 2. The first kappa shape index (κ1) is 21.0. The van der Waals surface area contributed by atoms with Crippen molar-refractivity contribution in [3.05, 3.63) is 59.6 Å². The second-order valence-corrected chi connectivity index (χ2v) is 7.50. The van der Waals surface area contributed by atoms with E-state index in [1.807, 2.05) is 0 Å². The predicted octanol–water partition coefficient (Wildman–Crippen LogP) is 4.03. The van der Waals surface area contributed by atoms with E-state index >= 15 is 0 Å². The van der Waals surface area contributed by atoms with Gasteiger partial charge in [0.15, 0.2) is 5.65 Å². The van der Waals surface area contributed by atoms with Crippen LogP contribution in [0.3, 0.4) is 0 Å². The number of nitrogens with zero attached hydrogens (tertiary/aromatic N) is 6. The minimum Gasteiger partial charge on any atom is -0.480 e. The van der Waals surface area contributed by atoms with Crippen LogP contribution in [0.15, 0.2) is 36.9 Å². The Bertz CT molecular complexity index is 1360. The normalized spacial score (nSPS) is 17.9. The highest BCUT2D eigenvalue weighted by atomic mass is 19.4. The number of pyridine rings is 1. The van der Waals surface area contributed by atoms with E-state index in [2.05, 4.69) is 25.0 Å². The fourth-order valence-electron chi connectivity index (χ4n) is 3.84. The highest BCUT2D eigenvalue weighted by molar-refractivity contribution is 5.68. The summed E-state index contributed by atoms with van der Waals surface area (Å²) in [6, 6.07) is 2.40. The van der Waals surface area contributed by atoms with Crippen LogP contribution >= 0.6 is 0 Å². The number of rotatable bonds is 5. The van der Waals surface area contributed by atoms with Crippen LogP contribution in [0, 0.1) is 5.82 Å². The van der Waals surface area contributed by atoms with Crippen LogP contribution in [0.25, 0.3) is 16.9 Å². The van der Waals surface area contributed by atoms with Gasteiger partial charge >= 0.3 is 12.2 Å². The molecule has 1 fully saturated rings. The number of hydrogen-bond acceptors (Lipinski definition) is 7. The van der Waals surface area contributed by atoms with Crippen molar-refractivity contribution in [1.82, 2.24) is 29.5 Å². The van der Waals surface area contributed by atoms with Crippen LogP contribution < -0.4 is 9.47 Å². The molecule has 12 heteroatoms. The molecule has 0 saturated heterocycles. The van der Waals surface area contributed by atoms with E-state index in [-0.39, 0.29) is 29.4 Å². The zero-order valence-electron chi connectivity index (χ0n) is 17.3. The monoisotopic (exact) mass is 460 g/mol. The van der Waals surface area contributed by atoms with Gasteiger partial charge in [0, 0.05) is 36.3 Å². The lowest BCUT2D eigenvalue weighted by molar-refractivity contribution is -0.138. The largest absolute Gasteiger partial charge is 0.480 e. The van der Waals surface area contributed by atoms with E-state index in [9.17, 15) is 17.6 Å².